The molecule has 0 aromatic heterocycles. The zero-order valence-electron chi connectivity index (χ0n) is 14.2. The summed E-state index contributed by atoms with van der Waals surface area (Å²) in [4.78, 5) is 27.0. The normalized spacial score (nSPS) is 19.6. The van der Waals surface area contributed by atoms with Gasteiger partial charge in [-0.1, -0.05) is 30.3 Å². The Morgan fingerprint density at radius 2 is 2.04 bits per heavy atom. The number of hydrogen-bond donors (Lipinski definition) is 2. The van der Waals surface area contributed by atoms with Gasteiger partial charge in [0.25, 0.3) is 5.91 Å². The molecule has 2 heterocycles. The van der Waals surface area contributed by atoms with Gasteiger partial charge in [-0.05, 0) is 43.5 Å². The minimum Gasteiger partial charge on any atom is -0.358 e. The van der Waals surface area contributed by atoms with Crippen LogP contribution in [0.15, 0.2) is 48.5 Å². The number of benzene rings is 2. The van der Waals surface area contributed by atoms with E-state index in [0.29, 0.717) is 5.56 Å². The summed E-state index contributed by atoms with van der Waals surface area (Å²) in [5.41, 5.74) is 3.35. The number of fused-ring (bicyclic) bond motifs is 3. The molecule has 2 N–H and O–H groups in total. The Hall–Kier alpha value is -2.82. The molecule has 2 atom stereocenters. The van der Waals surface area contributed by atoms with Crippen molar-refractivity contribution in [3.63, 3.8) is 0 Å². The van der Waals surface area contributed by atoms with Crippen LogP contribution in [0.1, 0.15) is 41.7 Å². The minimum atomic E-state index is -0.142. The first kappa shape index (κ1) is 15.7. The van der Waals surface area contributed by atoms with E-state index in [1.54, 1.807) is 6.07 Å². The Morgan fingerprint density at radius 3 is 2.84 bits per heavy atom. The zero-order valence-corrected chi connectivity index (χ0v) is 14.2. The van der Waals surface area contributed by atoms with Crippen LogP contribution < -0.4 is 15.5 Å². The zero-order chi connectivity index (χ0) is 17.4. The van der Waals surface area contributed by atoms with E-state index >= 15 is 0 Å². The Balaban J connectivity index is 1.55. The standard InChI is InChI=1S/C20H21N3O2/c1-13(14-6-3-2-4-7-14)21-19(24)15-9-10-17-16(12-15)22-20(25)18-8-5-11-23(17)18/h2-4,6-7,9-10,12-13,18H,5,8,11H2,1H3,(H,21,24)(H,22,25)/t13-,18-/m1/s1. The van der Waals surface area contributed by atoms with Crippen molar-refractivity contribution in [3.8, 4) is 0 Å². The average molecular weight is 335 g/mol. The van der Waals surface area contributed by atoms with Gasteiger partial charge in [0.1, 0.15) is 6.04 Å². The molecule has 2 aromatic carbocycles. The summed E-state index contributed by atoms with van der Waals surface area (Å²) in [6.45, 7) is 2.85. The van der Waals surface area contributed by atoms with Crippen LogP contribution in [0.4, 0.5) is 11.4 Å². The molecule has 0 saturated carbocycles. The maximum Gasteiger partial charge on any atom is 0.251 e. The molecule has 0 spiro atoms. The topological polar surface area (TPSA) is 61.4 Å². The second-order valence-corrected chi connectivity index (χ2v) is 6.68. The number of carbonyl (C=O) groups excluding carboxylic acids is 2. The molecule has 1 fully saturated rings. The van der Waals surface area contributed by atoms with Crippen LogP contribution in [-0.4, -0.2) is 24.4 Å². The van der Waals surface area contributed by atoms with Gasteiger partial charge in [0, 0.05) is 12.1 Å². The quantitative estimate of drug-likeness (QED) is 0.906. The molecule has 0 bridgehead atoms. The molecule has 1 saturated heterocycles. The van der Waals surface area contributed by atoms with Crippen molar-refractivity contribution in [2.75, 3.05) is 16.8 Å². The van der Waals surface area contributed by atoms with E-state index in [1.807, 2.05) is 49.4 Å². The highest BCUT2D eigenvalue weighted by Crippen LogP contribution is 2.37. The third-order valence-corrected chi connectivity index (χ3v) is 5.03. The van der Waals surface area contributed by atoms with Gasteiger partial charge in [-0.2, -0.15) is 0 Å². The lowest BCUT2D eigenvalue weighted by molar-refractivity contribution is -0.117. The predicted molar refractivity (Wildman–Crippen MR) is 97.8 cm³/mol. The molecule has 5 nitrogen and oxygen atoms in total. The van der Waals surface area contributed by atoms with Crippen LogP contribution in [0.5, 0.6) is 0 Å². The van der Waals surface area contributed by atoms with Crippen molar-refractivity contribution >= 4 is 23.2 Å². The molecule has 128 valence electrons. The van der Waals surface area contributed by atoms with Crippen molar-refractivity contribution in [1.29, 1.82) is 0 Å². The monoisotopic (exact) mass is 335 g/mol. The molecule has 2 aromatic rings. The van der Waals surface area contributed by atoms with Crippen LogP contribution in [-0.2, 0) is 4.79 Å². The lowest BCUT2D eigenvalue weighted by Crippen LogP contribution is -2.44. The van der Waals surface area contributed by atoms with Gasteiger partial charge in [0.15, 0.2) is 0 Å². The smallest absolute Gasteiger partial charge is 0.251 e. The summed E-state index contributed by atoms with van der Waals surface area (Å²) in [7, 11) is 0. The Kier molecular flexibility index (Phi) is 3.92. The molecular formula is C20H21N3O2. The summed E-state index contributed by atoms with van der Waals surface area (Å²) in [6.07, 6.45) is 1.91. The fourth-order valence-corrected chi connectivity index (χ4v) is 3.68. The second kappa shape index (κ2) is 6.24. The van der Waals surface area contributed by atoms with Crippen molar-refractivity contribution < 1.29 is 9.59 Å². The van der Waals surface area contributed by atoms with Gasteiger partial charge >= 0.3 is 0 Å². The SMILES string of the molecule is C[C@@H](NC(=O)c1ccc2c(c1)NC(=O)[C@H]1CCCN21)c1ccccc1. The number of rotatable bonds is 3. The van der Waals surface area contributed by atoms with E-state index in [1.165, 1.54) is 0 Å². The molecule has 0 unspecified atom stereocenters. The summed E-state index contributed by atoms with van der Waals surface area (Å²) in [6, 6.07) is 15.3. The van der Waals surface area contributed by atoms with Gasteiger partial charge in [0.05, 0.1) is 17.4 Å². The summed E-state index contributed by atoms with van der Waals surface area (Å²) in [5, 5.41) is 5.96. The van der Waals surface area contributed by atoms with Crippen molar-refractivity contribution in [2.45, 2.75) is 31.8 Å². The van der Waals surface area contributed by atoms with Crippen LogP contribution in [0.3, 0.4) is 0 Å². The van der Waals surface area contributed by atoms with E-state index in [-0.39, 0.29) is 23.9 Å². The third kappa shape index (κ3) is 2.86. The maximum atomic E-state index is 12.6. The number of nitrogens with zero attached hydrogens (tertiary/aromatic N) is 1. The lowest BCUT2D eigenvalue weighted by atomic mass is 10.1. The molecule has 4 rings (SSSR count). The molecule has 2 amide bonds. The maximum absolute atomic E-state index is 12.6. The van der Waals surface area contributed by atoms with E-state index in [2.05, 4.69) is 15.5 Å². The summed E-state index contributed by atoms with van der Waals surface area (Å²) in [5.74, 6) is -0.114. The first-order chi connectivity index (χ1) is 12.1. The molecule has 2 aliphatic rings. The van der Waals surface area contributed by atoms with Crippen molar-refractivity contribution in [3.05, 3.63) is 59.7 Å². The highest BCUT2D eigenvalue weighted by atomic mass is 16.2. The lowest BCUT2D eigenvalue weighted by Gasteiger charge is -2.33. The minimum absolute atomic E-state index is 0.0280. The first-order valence-electron chi connectivity index (χ1n) is 8.71. The van der Waals surface area contributed by atoms with E-state index in [4.69, 9.17) is 0 Å². The molecular weight excluding hydrogens is 314 g/mol. The fraction of sp³-hybridized carbons (Fsp3) is 0.300. The molecule has 5 heteroatoms. The van der Waals surface area contributed by atoms with Crippen LogP contribution in [0, 0.1) is 0 Å². The Bertz CT molecular complexity index is 819. The van der Waals surface area contributed by atoms with Gasteiger partial charge in [0.2, 0.25) is 5.91 Å². The number of hydrogen-bond acceptors (Lipinski definition) is 3. The van der Waals surface area contributed by atoms with Gasteiger partial charge < -0.3 is 15.5 Å². The third-order valence-electron chi connectivity index (χ3n) is 5.03. The van der Waals surface area contributed by atoms with Crippen molar-refractivity contribution in [2.24, 2.45) is 0 Å². The molecule has 0 radical (unpaired) electrons. The summed E-state index contributed by atoms with van der Waals surface area (Å²) >= 11 is 0. The first-order valence-corrected chi connectivity index (χ1v) is 8.71. The number of nitrogens with one attached hydrogen (secondary N) is 2. The number of anilines is 2. The van der Waals surface area contributed by atoms with Crippen molar-refractivity contribution in [1.82, 2.24) is 5.32 Å². The molecule has 25 heavy (non-hydrogen) atoms. The largest absolute Gasteiger partial charge is 0.358 e. The van der Waals surface area contributed by atoms with Crippen LogP contribution in [0.25, 0.3) is 0 Å². The fourth-order valence-electron chi connectivity index (χ4n) is 3.68. The summed E-state index contributed by atoms with van der Waals surface area (Å²) < 4.78 is 0. The predicted octanol–water partition coefficient (Wildman–Crippen LogP) is 3.10. The highest BCUT2D eigenvalue weighted by Gasteiger charge is 2.36. The molecule has 2 aliphatic heterocycles. The van der Waals surface area contributed by atoms with E-state index < -0.39 is 0 Å². The second-order valence-electron chi connectivity index (χ2n) is 6.68. The van der Waals surface area contributed by atoms with Crippen LogP contribution in [0.2, 0.25) is 0 Å². The van der Waals surface area contributed by atoms with E-state index in [9.17, 15) is 9.59 Å². The van der Waals surface area contributed by atoms with Gasteiger partial charge in [-0.15, -0.1) is 0 Å². The number of amides is 2. The molecule has 0 aliphatic carbocycles. The Morgan fingerprint density at radius 1 is 1.24 bits per heavy atom. The van der Waals surface area contributed by atoms with E-state index in [0.717, 1.165) is 36.3 Å². The van der Waals surface area contributed by atoms with Gasteiger partial charge in [-0.25, -0.2) is 0 Å². The number of carbonyl (C=O) groups is 2. The van der Waals surface area contributed by atoms with Crippen LogP contribution >= 0.6 is 0 Å². The highest BCUT2D eigenvalue weighted by molar-refractivity contribution is 6.06. The average Bonchev–Trinajstić information content (AvgIpc) is 3.12. The Labute approximate surface area is 147 Å². The van der Waals surface area contributed by atoms with Gasteiger partial charge in [-0.3, -0.25) is 9.59 Å².